The van der Waals surface area contributed by atoms with Gasteiger partial charge in [0, 0.05) is 94.2 Å². The third kappa shape index (κ3) is 9.04. The summed E-state index contributed by atoms with van der Waals surface area (Å²) in [6.45, 7) is 4.54. The number of fused-ring (bicyclic) bond motifs is 4. The van der Waals surface area contributed by atoms with Crippen LogP contribution in [0, 0.1) is 34.3 Å². The molecule has 2 saturated carbocycles. The van der Waals surface area contributed by atoms with Crippen molar-refractivity contribution in [2.24, 2.45) is 33.3 Å². The monoisotopic (exact) mass is 972 g/mol. The van der Waals surface area contributed by atoms with Crippen molar-refractivity contribution in [3.8, 4) is 0 Å². The molecule has 4 unspecified atom stereocenters. The van der Waals surface area contributed by atoms with Crippen molar-refractivity contribution in [1.82, 2.24) is 19.2 Å². The van der Waals surface area contributed by atoms with Crippen LogP contribution in [-0.4, -0.2) is 138 Å². The van der Waals surface area contributed by atoms with Crippen LogP contribution in [0.4, 0.5) is 31.5 Å². The molecule has 4 saturated heterocycles. The van der Waals surface area contributed by atoms with E-state index in [-0.39, 0.29) is 75.7 Å². The number of carbonyl (C=O) groups excluding carboxylic acids is 4. The van der Waals surface area contributed by atoms with Gasteiger partial charge in [-0.1, -0.05) is 19.3 Å². The number of unbranched alkanes of at least 4 members (excludes halogenated alkanes) is 4. The summed E-state index contributed by atoms with van der Waals surface area (Å²) in [5.41, 5.74) is 15.8. The average Bonchev–Trinajstić information content (AvgIpc) is 4.27. The lowest BCUT2D eigenvalue weighted by atomic mass is 9.89. The Hall–Kier alpha value is -5.64. The van der Waals surface area contributed by atoms with E-state index in [0.29, 0.717) is 99.6 Å². The molecule has 8 N–H and O–H groups in total. The van der Waals surface area contributed by atoms with Crippen LogP contribution >= 0.6 is 23.9 Å². The number of piperazine rings is 2. The SMILES string of the molecule is N=C(CCCCCCCN=C(N)N=C(N)N1CCN(c2cc3c(cc2F)C(=O)C2C(=O)NSC2N3C2CC2)CC1)CC(=N)N1CCN(c2cc3c(cc2F)C(=O)C2C(=O)NSC2N3C2CC2)CC1. The third-order valence-electron chi connectivity index (χ3n) is 14.4. The molecule has 6 heterocycles. The normalized spacial score (nSPS) is 25.0. The molecule has 68 heavy (non-hydrogen) atoms. The molecule has 2 amide bonds. The number of carbonyl (C=O) groups is 4. The summed E-state index contributed by atoms with van der Waals surface area (Å²) < 4.78 is 36.7. The van der Waals surface area contributed by atoms with Crippen molar-refractivity contribution >= 4 is 93.5 Å². The molecule has 6 fully saturated rings. The second-order valence-electron chi connectivity index (χ2n) is 19.0. The maximum absolute atomic E-state index is 15.6. The number of nitrogens with zero attached hydrogens (tertiary/aromatic N) is 8. The second-order valence-corrected chi connectivity index (χ2v) is 20.8. The number of nitrogens with one attached hydrogen (secondary N) is 4. The van der Waals surface area contributed by atoms with Gasteiger partial charge in [0.25, 0.3) is 0 Å². The Labute approximate surface area is 402 Å². The number of halogens is 2. The number of guanidine groups is 2. The number of amides is 2. The minimum absolute atomic E-state index is 0.103. The van der Waals surface area contributed by atoms with E-state index in [1.54, 1.807) is 12.1 Å². The number of rotatable bonds is 14. The fourth-order valence-corrected chi connectivity index (χ4v) is 12.7. The van der Waals surface area contributed by atoms with Gasteiger partial charge in [0.2, 0.25) is 17.8 Å². The van der Waals surface area contributed by atoms with Gasteiger partial charge in [-0.2, -0.15) is 4.99 Å². The van der Waals surface area contributed by atoms with E-state index in [1.165, 1.54) is 36.0 Å². The molecule has 0 radical (unpaired) electrons. The Balaban J connectivity index is 0.615. The van der Waals surface area contributed by atoms with Crippen LogP contribution in [0.3, 0.4) is 0 Å². The van der Waals surface area contributed by atoms with Crippen LogP contribution < -0.4 is 40.5 Å². The van der Waals surface area contributed by atoms with Crippen LogP contribution in [0.1, 0.15) is 91.3 Å². The maximum atomic E-state index is 15.6. The zero-order valence-electron chi connectivity index (χ0n) is 37.9. The number of anilines is 4. The van der Waals surface area contributed by atoms with Crippen molar-refractivity contribution in [2.75, 3.05) is 78.5 Å². The highest BCUT2D eigenvalue weighted by Gasteiger charge is 2.54. The summed E-state index contributed by atoms with van der Waals surface area (Å²) in [5, 5.41) is 16.6. The highest BCUT2D eigenvalue weighted by molar-refractivity contribution is 7.99. The Morgan fingerprint density at radius 2 is 1.12 bits per heavy atom. The van der Waals surface area contributed by atoms with E-state index in [2.05, 4.69) is 29.2 Å². The Bertz CT molecular complexity index is 2470. The molecule has 0 spiro atoms. The van der Waals surface area contributed by atoms with E-state index in [1.807, 2.05) is 19.6 Å². The maximum Gasteiger partial charge on any atom is 0.243 e. The van der Waals surface area contributed by atoms with Crippen molar-refractivity contribution in [3.63, 3.8) is 0 Å². The lowest BCUT2D eigenvalue weighted by Crippen LogP contribution is -2.52. The van der Waals surface area contributed by atoms with Gasteiger partial charge < -0.3 is 46.3 Å². The van der Waals surface area contributed by atoms with Crippen molar-refractivity contribution < 1.29 is 28.0 Å². The van der Waals surface area contributed by atoms with Gasteiger partial charge >= 0.3 is 0 Å². The number of hydrogen-bond acceptors (Lipinski definition) is 13. The van der Waals surface area contributed by atoms with Gasteiger partial charge in [-0.15, -0.1) is 0 Å². The van der Waals surface area contributed by atoms with E-state index < -0.39 is 23.5 Å². The lowest BCUT2D eigenvalue weighted by Gasteiger charge is -2.40. The number of benzene rings is 2. The van der Waals surface area contributed by atoms with Gasteiger partial charge in [0.1, 0.15) is 40.1 Å². The average molecular weight is 973 g/mol. The lowest BCUT2D eigenvalue weighted by molar-refractivity contribution is -0.121. The summed E-state index contributed by atoms with van der Waals surface area (Å²) in [6.07, 6.45) is 9.36. The summed E-state index contributed by atoms with van der Waals surface area (Å²) in [5.74, 6) is -3.16. The minimum atomic E-state index is -0.829. The molecule has 2 aromatic carbocycles. The number of Topliss-reactive ketones (excluding diaryl/α,β-unsaturated/α-hetero) is 2. The molecule has 10 rings (SSSR count). The fraction of sp³-hybridized carbons (Fsp3) is 0.565. The number of aliphatic imine (C=N–C) groups is 2. The quantitative estimate of drug-likeness (QED) is 0.0516. The third-order valence-corrected chi connectivity index (χ3v) is 16.5. The Morgan fingerprint density at radius 1 is 0.647 bits per heavy atom. The van der Waals surface area contributed by atoms with Crippen molar-refractivity contribution in [3.05, 3.63) is 47.0 Å². The molecule has 4 atom stereocenters. The summed E-state index contributed by atoms with van der Waals surface area (Å²) in [4.78, 5) is 72.4. The standard InChI is InChI=1S/C46H58F2N14O4S2/c47-30-21-28-32(61(26-7-8-26)43-37(39(28)63)41(65)55-67-43)23-34(30)57-12-16-59(17-13-57)36(50)20-25(49)6-4-2-1-3-5-11-53-45(51)54-46(52)60-18-14-58(15-19-60)35-24-33-29(22-31(35)48)40(64)38-42(66)56-68-44(38)62(33)27-9-10-27/h21-24,26-27,37-38,43-44,49-50H,1-20H2,(H,55,65)(H,56,66)(H4,51,52,53,54). The zero-order valence-corrected chi connectivity index (χ0v) is 39.5. The first-order valence-corrected chi connectivity index (χ1v) is 25.6. The van der Waals surface area contributed by atoms with Crippen LogP contribution in [0.2, 0.25) is 0 Å². The molecule has 2 aliphatic carbocycles. The van der Waals surface area contributed by atoms with Gasteiger partial charge in [0.15, 0.2) is 17.5 Å². The van der Waals surface area contributed by atoms with Crippen LogP contribution in [0.25, 0.3) is 0 Å². The Kier molecular flexibility index (Phi) is 12.9. The van der Waals surface area contributed by atoms with Crippen molar-refractivity contribution in [2.45, 2.75) is 93.5 Å². The smallest absolute Gasteiger partial charge is 0.243 e. The highest BCUT2D eigenvalue weighted by atomic mass is 32.2. The van der Waals surface area contributed by atoms with E-state index in [9.17, 15) is 19.2 Å². The fourth-order valence-electron chi connectivity index (χ4n) is 10.4. The number of hydrogen-bond donors (Lipinski definition) is 6. The number of nitrogens with two attached hydrogens (primary N) is 2. The highest BCUT2D eigenvalue weighted by Crippen LogP contribution is 2.50. The molecule has 362 valence electrons. The molecule has 6 aliphatic heterocycles. The molecular formula is C46H58F2N14O4S2. The minimum Gasteiger partial charge on any atom is -0.369 e. The molecule has 22 heteroatoms. The van der Waals surface area contributed by atoms with E-state index >= 15 is 8.78 Å². The van der Waals surface area contributed by atoms with E-state index in [0.717, 1.165) is 57.8 Å². The van der Waals surface area contributed by atoms with Gasteiger partial charge in [-0.3, -0.25) is 39.0 Å². The zero-order chi connectivity index (χ0) is 47.4. The first-order chi connectivity index (χ1) is 32.9. The molecular weight excluding hydrogens is 915 g/mol. The van der Waals surface area contributed by atoms with Crippen molar-refractivity contribution in [1.29, 1.82) is 10.8 Å². The first kappa shape index (κ1) is 46.1. The van der Waals surface area contributed by atoms with Gasteiger partial charge in [-0.05, 0) is 93.1 Å². The van der Waals surface area contributed by atoms with Gasteiger partial charge in [0.05, 0.1) is 22.7 Å². The predicted octanol–water partition coefficient (Wildman–Crippen LogP) is 4.04. The number of amidine groups is 1. The first-order valence-electron chi connectivity index (χ1n) is 23.9. The molecule has 8 aliphatic rings. The summed E-state index contributed by atoms with van der Waals surface area (Å²) in [7, 11) is 0. The summed E-state index contributed by atoms with van der Waals surface area (Å²) >= 11 is 2.53. The van der Waals surface area contributed by atoms with Crippen LogP contribution in [0.15, 0.2) is 34.3 Å². The molecule has 2 aromatic rings. The number of ketones is 2. The molecule has 18 nitrogen and oxygen atoms in total. The Morgan fingerprint density at radius 3 is 1.62 bits per heavy atom. The predicted molar refractivity (Wildman–Crippen MR) is 262 cm³/mol. The molecule has 0 bridgehead atoms. The van der Waals surface area contributed by atoms with Crippen LogP contribution in [-0.2, 0) is 9.59 Å². The second kappa shape index (κ2) is 19.0. The van der Waals surface area contributed by atoms with E-state index in [4.69, 9.17) is 22.3 Å². The van der Waals surface area contributed by atoms with Crippen LogP contribution in [0.5, 0.6) is 0 Å². The molecule has 0 aromatic heterocycles. The summed E-state index contributed by atoms with van der Waals surface area (Å²) in [6, 6.07) is 6.61. The largest absolute Gasteiger partial charge is 0.369 e. The van der Waals surface area contributed by atoms with Gasteiger partial charge in [-0.25, -0.2) is 8.78 Å². The topological polar surface area (TPSA) is 236 Å².